The van der Waals surface area contributed by atoms with Crippen LogP contribution in [0.15, 0.2) is 18.2 Å². The van der Waals surface area contributed by atoms with E-state index in [2.05, 4.69) is 11.4 Å². The lowest BCUT2D eigenvalue weighted by molar-refractivity contribution is -0.135. The lowest BCUT2D eigenvalue weighted by Crippen LogP contribution is -2.53. The third kappa shape index (κ3) is 3.10. The van der Waals surface area contributed by atoms with Crippen molar-refractivity contribution in [3.8, 4) is 5.75 Å². The SMILES string of the molecule is CC(C)(Oc1ccc2c(c1)CCC2)C(=O)N[C@H]1COC[C@@H]1O. The number of aliphatic hydroxyl groups excluding tert-OH is 1. The van der Waals surface area contributed by atoms with E-state index >= 15 is 0 Å². The average Bonchev–Trinajstić information content (AvgIpc) is 3.07. The largest absolute Gasteiger partial charge is 0.478 e. The zero-order chi connectivity index (χ0) is 15.7. The summed E-state index contributed by atoms with van der Waals surface area (Å²) in [4.78, 5) is 12.4. The Morgan fingerprint density at radius 1 is 1.32 bits per heavy atom. The molecule has 1 saturated heterocycles. The van der Waals surface area contributed by atoms with Gasteiger partial charge in [-0.1, -0.05) is 6.07 Å². The van der Waals surface area contributed by atoms with Crippen molar-refractivity contribution in [3.05, 3.63) is 29.3 Å². The summed E-state index contributed by atoms with van der Waals surface area (Å²) in [5.74, 6) is 0.464. The van der Waals surface area contributed by atoms with E-state index in [1.54, 1.807) is 13.8 Å². The zero-order valence-electron chi connectivity index (χ0n) is 13.1. The second kappa shape index (κ2) is 5.89. The van der Waals surface area contributed by atoms with Gasteiger partial charge in [0.2, 0.25) is 0 Å². The van der Waals surface area contributed by atoms with Crippen LogP contribution >= 0.6 is 0 Å². The van der Waals surface area contributed by atoms with E-state index in [0.29, 0.717) is 12.4 Å². The van der Waals surface area contributed by atoms with Gasteiger partial charge in [-0.25, -0.2) is 0 Å². The highest BCUT2D eigenvalue weighted by atomic mass is 16.5. The summed E-state index contributed by atoms with van der Waals surface area (Å²) in [6.45, 7) is 4.06. The standard InChI is InChI=1S/C17H23NO4/c1-17(2,16(20)18-14-9-21-10-15(14)19)22-13-7-6-11-4-3-5-12(11)8-13/h6-8,14-15,19H,3-5,9-10H2,1-2H3,(H,18,20)/t14-,15-/m0/s1. The smallest absolute Gasteiger partial charge is 0.263 e. The molecule has 5 nitrogen and oxygen atoms in total. The lowest BCUT2D eigenvalue weighted by atomic mass is 10.1. The first-order valence-electron chi connectivity index (χ1n) is 7.83. The number of hydrogen-bond donors (Lipinski definition) is 2. The van der Waals surface area contributed by atoms with Crippen molar-refractivity contribution in [1.82, 2.24) is 5.32 Å². The number of fused-ring (bicyclic) bond motifs is 1. The number of aliphatic hydroxyl groups is 1. The Balaban J connectivity index is 1.65. The van der Waals surface area contributed by atoms with Crippen molar-refractivity contribution in [2.75, 3.05) is 13.2 Å². The molecule has 1 fully saturated rings. The molecule has 2 N–H and O–H groups in total. The number of aryl methyl sites for hydroxylation is 2. The molecule has 120 valence electrons. The average molecular weight is 305 g/mol. The monoisotopic (exact) mass is 305 g/mol. The van der Waals surface area contributed by atoms with E-state index in [9.17, 15) is 9.90 Å². The molecule has 5 heteroatoms. The second-order valence-corrected chi connectivity index (χ2v) is 6.58. The lowest BCUT2D eigenvalue weighted by Gasteiger charge is -2.27. The molecule has 3 rings (SSSR count). The van der Waals surface area contributed by atoms with Gasteiger partial charge in [0, 0.05) is 0 Å². The van der Waals surface area contributed by atoms with E-state index in [0.717, 1.165) is 12.8 Å². The maximum absolute atomic E-state index is 12.4. The molecule has 1 heterocycles. The first kappa shape index (κ1) is 15.3. The zero-order valence-corrected chi connectivity index (χ0v) is 13.1. The Kier molecular flexibility index (Phi) is 4.10. The van der Waals surface area contributed by atoms with Crippen molar-refractivity contribution in [1.29, 1.82) is 0 Å². The Morgan fingerprint density at radius 2 is 2.09 bits per heavy atom. The predicted molar refractivity (Wildman–Crippen MR) is 81.9 cm³/mol. The third-order valence-corrected chi connectivity index (χ3v) is 4.36. The predicted octanol–water partition coefficient (Wildman–Crippen LogP) is 1.21. The van der Waals surface area contributed by atoms with E-state index < -0.39 is 11.7 Å². The summed E-state index contributed by atoms with van der Waals surface area (Å²) in [5, 5.41) is 12.5. The summed E-state index contributed by atoms with van der Waals surface area (Å²) in [7, 11) is 0. The Bertz CT molecular complexity index is 570. The normalized spacial score (nSPS) is 24.1. The van der Waals surface area contributed by atoms with Crippen LogP contribution in [0.3, 0.4) is 0 Å². The molecule has 22 heavy (non-hydrogen) atoms. The molecule has 0 saturated carbocycles. The van der Waals surface area contributed by atoms with Crippen LogP contribution in [-0.2, 0) is 22.4 Å². The van der Waals surface area contributed by atoms with E-state index in [1.165, 1.54) is 17.5 Å². The molecule has 0 aromatic heterocycles. The highest BCUT2D eigenvalue weighted by Crippen LogP contribution is 2.28. The molecule has 1 amide bonds. The van der Waals surface area contributed by atoms with Gasteiger partial charge in [-0.05, 0) is 56.4 Å². The molecule has 0 spiro atoms. The van der Waals surface area contributed by atoms with E-state index in [4.69, 9.17) is 9.47 Å². The molecular formula is C17H23NO4. The van der Waals surface area contributed by atoms with Gasteiger partial charge in [0.05, 0.1) is 25.4 Å². The molecule has 2 atom stereocenters. The van der Waals surface area contributed by atoms with Crippen LogP contribution in [0, 0.1) is 0 Å². The Hall–Kier alpha value is -1.59. The minimum absolute atomic E-state index is 0.248. The summed E-state index contributed by atoms with van der Waals surface area (Å²) in [5.41, 5.74) is 1.68. The molecule has 0 unspecified atom stereocenters. The number of nitrogens with one attached hydrogen (secondary N) is 1. The number of amides is 1. The molecule has 1 aliphatic heterocycles. The maximum atomic E-state index is 12.4. The first-order valence-corrected chi connectivity index (χ1v) is 7.83. The molecule has 1 aromatic rings. The van der Waals surface area contributed by atoms with Gasteiger partial charge in [0.25, 0.3) is 5.91 Å². The fraction of sp³-hybridized carbons (Fsp3) is 0.588. The minimum atomic E-state index is -1.00. The molecule has 1 aliphatic carbocycles. The minimum Gasteiger partial charge on any atom is -0.478 e. The van der Waals surface area contributed by atoms with Gasteiger partial charge in [-0.2, -0.15) is 0 Å². The molecular weight excluding hydrogens is 282 g/mol. The molecule has 2 aliphatic rings. The number of carbonyl (C=O) groups excluding carboxylic acids is 1. The maximum Gasteiger partial charge on any atom is 0.263 e. The molecule has 0 bridgehead atoms. The fourth-order valence-corrected chi connectivity index (χ4v) is 2.98. The summed E-state index contributed by atoms with van der Waals surface area (Å²) in [6, 6.07) is 5.67. The highest BCUT2D eigenvalue weighted by molar-refractivity contribution is 5.85. The number of benzene rings is 1. The van der Waals surface area contributed by atoms with Gasteiger partial charge in [0.15, 0.2) is 5.60 Å². The third-order valence-electron chi connectivity index (χ3n) is 4.36. The topological polar surface area (TPSA) is 67.8 Å². The number of rotatable bonds is 4. The number of carbonyl (C=O) groups is 1. The van der Waals surface area contributed by atoms with Gasteiger partial charge in [0.1, 0.15) is 5.75 Å². The van der Waals surface area contributed by atoms with Crippen molar-refractivity contribution in [3.63, 3.8) is 0 Å². The fourth-order valence-electron chi connectivity index (χ4n) is 2.98. The molecule has 0 radical (unpaired) electrons. The Labute approximate surface area is 130 Å². The van der Waals surface area contributed by atoms with Crippen LogP contribution in [-0.4, -0.2) is 42.0 Å². The van der Waals surface area contributed by atoms with Crippen LogP contribution in [0.1, 0.15) is 31.4 Å². The van der Waals surface area contributed by atoms with E-state index in [1.807, 2.05) is 12.1 Å². The highest BCUT2D eigenvalue weighted by Gasteiger charge is 2.35. The van der Waals surface area contributed by atoms with Crippen molar-refractivity contribution in [2.24, 2.45) is 0 Å². The van der Waals surface area contributed by atoms with Crippen molar-refractivity contribution < 1.29 is 19.4 Å². The van der Waals surface area contributed by atoms with Gasteiger partial charge in [-0.15, -0.1) is 0 Å². The van der Waals surface area contributed by atoms with E-state index in [-0.39, 0.29) is 18.6 Å². The second-order valence-electron chi connectivity index (χ2n) is 6.58. The summed E-state index contributed by atoms with van der Waals surface area (Å²) >= 11 is 0. The quantitative estimate of drug-likeness (QED) is 0.877. The first-order chi connectivity index (χ1) is 10.5. The van der Waals surface area contributed by atoms with Crippen LogP contribution in [0.5, 0.6) is 5.75 Å². The summed E-state index contributed by atoms with van der Waals surface area (Å²) < 4.78 is 11.0. The van der Waals surface area contributed by atoms with Crippen LogP contribution < -0.4 is 10.1 Å². The van der Waals surface area contributed by atoms with Crippen molar-refractivity contribution in [2.45, 2.75) is 50.9 Å². The summed E-state index contributed by atoms with van der Waals surface area (Å²) in [6.07, 6.45) is 2.73. The van der Waals surface area contributed by atoms with Gasteiger partial charge >= 0.3 is 0 Å². The van der Waals surface area contributed by atoms with Crippen LogP contribution in [0.25, 0.3) is 0 Å². The number of ether oxygens (including phenoxy) is 2. The Morgan fingerprint density at radius 3 is 2.82 bits per heavy atom. The molecule has 1 aromatic carbocycles. The van der Waals surface area contributed by atoms with Crippen LogP contribution in [0.2, 0.25) is 0 Å². The van der Waals surface area contributed by atoms with Crippen molar-refractivity contribution >= 4 is 5.91 Å². The van der Waals surface area contributed by atoms with Gasteiger partial charge in [-0.3, -0.25) is 4.79 Å². The van der Waals surface area contributed by atoms with Crippen LogP contribution in [0.4, 0.5) is 0 Å². The van der Waals surface area contributed by atoms with Gasteiger partial charge < -0.3 is 19.9 Å². The number of hydrogen-bond acceptors (Lipinski definition) is 4.